The fourth-order valence-electron chi connectivity index (χ4n) is 2.02. The first-order chi connectivity index (χ1) is 9.49. The van der Waals surface area contributed by atoms with Crippen LogP contribution >= 0.6 is 11.6 Å². The van der Waals surface area contributed by atoms with Gasteiger partial charge in [0.15, 0.2) is 23.0 Å². The number of hydrogen-bond acceptors (Lipinski definition) is 4. The van der Waals surface area contributed by atoms with E-state index in [4.69, 9.17) is 26.2 Å². The fraction of sp³-hybridized carbons (Fsp3) is 0.167. The molecule has 6 nitrogen and oxygen atoms in total. The highest BCUT2D eigenvalue weighted by Crippen LogP contribution is 2.45. The summed E-state index contributed by atoms with van der Waals surface area (Å²) in [6.07, 6.45) is 0. The predicted octanol–water partition coefficient (Wildman–Crippen LogP) is 2.31. The van der Waals surface area contributed by atoms with Gasteiger partial charge in [-0.05, 0) is 6.07 Å². The van der Waals surface area contributed by atoms with Crippen molar-refractivity contribution in [1.29, 1.82) is 0 Å². The summed E-state index contributed by atoms with van der Waals surface area (Å²) < 4.78 is 25.9. The molecule has 1 aromatic carbocycles. The van der Waals surface area contributed by atoms with E-state index in [1.165, 1.54) is 23.9 Å². The molecule has 0 aliphatic carbocycles. The van der Waals surface area contributed by atoms with E-state index < -0.39 is 11.8 Å². The van der Waals surface area contributed by atoms with Gasteiger partial charge in [0.25, 0.3) is 0 Å². The molecule has 0 bridgehead atoms. The van der Waals surface area contributed by atoms with Crippen LogP contribution in [-0.4, -0.2) is 27.6 Å². The molecule has 0 amide bonds. The number of benzene rings is 1. The molecule has 0 atom stereocenters. The highest BCUT2D eigenvalue weighted by atomic mass is 35.5. The minimum atomic E-state index is -1.21. The van der Waals surface area contributed by atoms with Gasteiger partial charge in [0.1, 0.15) is 0 Å². The Morgan fingerprint density at radius 1 is 1.50 bits per heavy atom. The van der Waals surface area contributed by atoms with E-state index in [0.717, 1.165) is 0 Å². The van der Waals surface area contributed by atoms with Gasteiger partial charge < -0.3 is 14.6 Å². The first-order valence-electron chi connectivity index (χ1n) is 5.54. The molecule has 0 saturated carbocycles. The number of aromatic nitrogens is 2. The minimum Gasteiger partial charge on any atom is -0.476 e. The number of nitrogens with zero attached hydrogens (tertiary/aromatic N) is 2. The Kier molecular flexibility index (Phi) is 2.79. The summed E-state index contributed by atoms with van der Waals surface area (Å²) >= 11 is 5.81. The molecule has 1 aromatic heterocycles. The zero-order chi connectivity index (χ0) is 14.4. The molecule has 0 spiro atoms. The maximum Gasteiger partial charge on any atom is 0.356 e. The number of aromatic carboxylic acids is 1. The van der Waals surface area contributed by atoms with Gasteiger partial charge in [-0.1, -0.05) is 11.6 Å². The number of halogens is 2. The summed E-state index contributed by atoms with van der Waals surface area (Å²) in [5, 5.41) is 12.6. The van der Waals surface area contributed by atoms with Crippen molar-refractivity contribution in [3.05, 3.63) is 28.7 Å². The molecular weight excluding hydrogens is 291 g/mol. The molecule has 1 aliphatic heterocycles. The Morgan fingerprint density at radius 2 is 2.25 bits per heavy atom. The number of hydrogen-bond donors (Lipinski definition) is 1. The quantitative estimate of drug-likeness (QED) is 0.921. The Morgan fingerprint density at radius 3 is 2.90 bits per heavy atom. The smallest absolute Gasteiger partial charge is 0.356 e. The van der Waals surface area contributed by atoms with Gasteiger partial charge in [0.05, 0.1) is 16.3 Å². The van der Waals surface area contributed by atoms with Gasteiger partial charge in [-0.25, -0.2) is 9.18 Å². The number of carboxylic acid groups (broad SMARTS) is 1. The number of ether oxygens (including phenoxy) is 2. The highest BCUT2D eigenvalue weighted by molar-refractivity contribution is 6.31. The molecule has 1 N–H and O–H groups in total. The lowest BCUT2D eigenvalue weighted by Crippen LogP contribution is -2.00. The van der Waals surface area contributed by atoms with Crippen LogP contribution < -0.4 is 9.47 Å². The molecule has 20 heavy (non-hydrogen) atoms. The van der Waals surface area contributed by atoms with Gasteiger partial charge in [0, 0.05) is 13.1 Å². The fourth-order valence-corrected chi connectivity index (χ4v) is 2.22. The normalized spacial score (nSPS) is 12.8. The molecule has 2 aromatic rings. The number of aryl methyl sites for hydroxylation is 1. The van der Waals surface area contributed by atoms with Crippen molar-refractivity contribution in [2.24, 2.45) is 7.05 Å². The lowest BCUT2D eigenvalue weighted by molar-refractivity contribution is 0.0689. The van der Waals surface area contributed by atoms with Crippen LogP contribution in [0.4, 0.5) is 4.39 Å². The monoisotopic (exact) mass is 298 g/mol. The van der Waals surface area contributed by atoms with Crippen molar-refractivity contribution in [3.8, 4) is 22.8 Å². The standard InChI is InChI=1S/C12H8ClFN2O4/c1-16-7(3-6(15-16)12(17)18)9-10(14)5(13)2-8-11(9)20-4-19-8/h2-3H,4H2,1H3,(H,17,18). The SMILES string of the molecule is Cn1nc(C(=O)O)cc1-c1c(F)c(Cl)cc2c1OCO2. The van der Waals surface area contributed by atoms with E-state index in [2.05, 4.69) is 5.10 Å². The Labute approximate surface area is 117 Å². The molecular formula is C12H8ClFN2O4. The lowest BCUT2D eigenvalue weighted by atomic mass is 10.1. The average Bonchev–Trinajstić information content (AvgIpc) is 2.98. The predicted molar refractivity (Wildman–Crippen MR) is 66.7 cm³/mol. The molecule has 3 rings (SSSR count). The molecule has 0 fully saturated rings. The number of carbonyl (C=O) groups is 1. The maximum absolute atomic E-state index is 14.3. The molecule has 8 heteroatoms. The van der Waals surface area contributed by atoms with Gasteiger partial charge >= 0.3 is 5.97 Å². The Hall–Kier alpha value is -2.28. The largest absolute Gasteiger partial charge is 0.476 e. The van der Waals surface area contributed by atoms with Crippen LogP contribution in [0.15, 0.2) is 12.1 Å². The number of fused-ring (bicyclic) bond motifs is 1. The summed E-state index contributed by atoms with van der Waals surface area (Å²) in [6.45, 7) is -0.0498. The van der Waals surface area contributed by atoms with Crippen molar-refractivity contribution < 1.29 is 23.8 Å². The van der Waals surface area contributed by atoms with Crippen molar-refractivity contribution in [1.82, 2.24) is 9.78 Å². The van der Waals surface area contributed by atoms with E-state index in [-0.39, 0.29) is 34.5 Å². The zero-order valence-electron chi connectivity index (χ0n) is 10.2. The zero-order valence-corrected chi connectivity index (χ0v) is 10.9. The molecule has 0 radical (unpaired) electrons. The van der Waals surface area contributed by atoms with Crippen LogP contribution in [0, 0.1) is 5.82 Å². The summed E-state index contributed by atoms with van der Waals surface area (Å²) in [7, 11) is 1.50. The lowest BCUT2D eigenvalue weighted by Gasteiger charge is -2.08. The van der Waals surface area contributed by atoms with Gasteiger partial charge in [-0.2, -0.15) is 5.10 Å². The van der Waals surface area contributed by atoms with E-state index in [0.29, 0.717) is 5.75 Å². The van der Waals surface area contributed by atoms with E-state index in [1.807, 2.05) is 0 Å². The van der Waals surface area contributed by atoms with E-state index in [9.17, 15) is 9.18 Å². The molecule has 1 aliphatic rings. The Balaban J connectivity index is 2.27. The van der Waals surface area contributed by atoms with E-state index in [1.54, 1.807) is 0 Å². The van der Waals surface area contributed by atoms with E-state index >= 15 is 0 Å². The first-order valence-corrected chi connectivity index (χ1v) is 5.92. The van der Waals surface area contributed by atoms with Gasteiger partial charge in [0.2, 0.25) is 6.79 Å². The minimum absolute atomic E-state index is 0.0347. The van der Waals surface area contributed by atoms with Crippen molar-refractivity contribution in [2.75, 3.05) is 6.79 Å². The third-order valence-corrected chi connectivity index (χ3v) is 3.19. The van der Waals surface area contributed by atoms with Gasteiger partial charge in [-0.3, -0.25) is 4.68 Å². The second kappa shape index (κ2) is 4.38. The highest BCUT2D eigenvalue weighted by Gasteiger charge is 2.28. The van der Waals surface area contributed by atoms with Crippen LogP contribution in [0.3, 0.4) is 0 Å². The second-order valence-corrected chi connectivity index (χ2v) is 4.53. The molecule has 0 unspecified atom stereocenters. The van der Waals surface area contributed by atoms with Crippen molar-refractivity contribution in [3.63, 3.8) is 0 Å². The molecule has 104 valence electrons. The molecule has 0 saturated heterocycles. The van der Waals surface area contributed by atoms with Crippen molar-refractivity contribution in [2.45, 2.75) is 0 Å². The van der Waals surface area contributed by atoms with Crippen LogP contribution in [0.2, 0.25) is 5.02 Å². The topological polar surface area (TPSA) is 73.6 Å². The van der Waals surface area contributed by atoms with Crippen LogP contribution in [-0.2, 0) is 7.05 Å². The summed E-state index contributed by atoms with van der Waals surface area (Å²) in [4.78, 5) is 10.9. The third kappa shape index (κ3) is 1.78. The summed E-state index contributed by atoms with van der Waals surface area (Å²) in [5.41, 5.74) is 0.0752. The third-order valence-electron chi connectivity index (χ3n) is 2.91. The summed E-state index contributed by atoms with van der Waals surface area (Å²) in [6, 6.07) is 2.57. The number of carboxylic acids is 1. The van der Waals surface area contributed by atoms with Crippen LogP contribution in [0.25, 0.3) is 11.3 Å². The first kappa shape index (κ1) is 12.7. The summed E-state index contributed by atoms with van der Waals surface area (Å²) in [5.74, 6) is -1.42. The number of rotatable bonds is 2. The Bertz CT molecular complexity index is 729. The van der Waals surface area contributed by atoms with Crippen molar-refractivity contribution >= 4 is 17.6 Å². The van der Waals surface area contributed by atoms with Crippen LogP contribution in [0.5, 0.6) is 11.5 Å². The van der Waals surface area contributed by atoms with Crippen LogP contribution in [0.1, 0.15) is 10.5 Å². The average molecular weight is 299 g/mol. The van der Waals surface area contributed by atoms with Gasteiger partial charge in [-0.15, -0.1) is 0 Å². The maximum atomic E-state index is 14.3. The second-order valence-electron chi connectivity index (χ2n) is 4.12. The molecule has 2 heterocycles.